The van der Waals surface area contributed by atoms with Crippen LogP contribution in [-0.4, -0.2) is 13.1 Å². The third kappa shape index (κ3) is 1.94. The summed E-state index contributed by atoms with van der Waals surface area (Å²) < 4.78 is 4.52. The van der Waals surface area contributed by atoms with E-state index in [0.717, 1.165) is 12.8 Å². The second-order valence-corrected chi connectivity index (χ2v) is 2.15. The van der Waals surface area contributed by atoms with Crippen LogP contribution in [0.1, 0.15) is 19.3 Å². The van der Waals surface area contributed by atoms with Gasteiger partial charge in [0, 0.05) is 0 Å². The molecule has 0 aromatic rings. The third-order valence-corrected chi connectivity index (χ3v) is 1.64. The molecule has 0 saturated heterocycles. The van der Waals surface area contributed by atoms with Gasteiger partial charge in [0.25, 0.3) is 0 Å². The van der Waals surface area contributed by atoms with Gasteiger partial charge in [-0.05, 0) is 12.8 Å². The highest BCUT2D eigenvalue weighted by Gasteiger charge is 2.25. The molecule has 0 spiro atoms. The van der Waals surface area contributed by atoms with E-state index in [0.29, 0.717) is 0 Å². The van der Waals surface area contributed by atoms with Gasteiger partial charge in [-0.1, -0.05) is 6.42 Å². The summed E-state index contributed by atoms with van der Waals surface area (Å²) in [6.45, 7) is 0. The van der Waals surface area contributed by atoms with Crippen molar-refractivity contribution in [1.82, 2.24) is 0 Å². The van der Waals surface area contributed by atoms with Gasteiger partial charge in [0.05, 0.1) is 13.0 Å². The van der Waals surface area contributed by atoms with E-state index in [1.807, 2.05) is 0 Å². The van der Waals surface area contributed by atoms with E-state index in [-0.39, 0.29) is 21.8 Å². The Hall–Kier alpha value is -0.100. The summed E-state index contributed by atoms with van der Waals surface area (Å²) >= 11 is 0. The number of carbonyl (C=O) groups is 1. The van der Waals surface area contributed by atoms with Crippen molar-refractivity contribution >= 4 is 15.9 Å². The van der Waals surface area contributed by atoms with Gasteiger partial charge in [-0.3, -0.25) is 4.79 Å². The summed E-state index contributed by atoms with van der Waals surface area (Å²) in [6.07, 6.45) is 3.26. The minimum atomic E-state index is -0.0312. The number of esters is 1. The van der Waals surface area contributed by atoms with Crippen LogP contribution < -0.4 is 0 Å². The van der Waals surface area contributed by atoms with Gasteiger partial charge >= 0.3 is 5.97 Å². The predicted octanol–water partition coefficient (Wildman–Crippen LogP) is 1.02. The Labute approximate surface area is 58.6 Å². The fraction of sp³-hybridized carbons (Fsp3) is 0.833. The first-order chi connectivity index (χ1) is 3.84. The molecule has 1 rings (SSSR count). The molecular formula is C6H13O2P. The van der Waals surface area contributed by atoms with Crippen LogP contribution >= 0.6 is 9.90 Å². The number of carbonyl (C=O) groups excluding carboxylic acids is 1. The Kier molecular flexibility index (Phi) is 3.79. The fourth-order valence-corrected chi connectivity index (χ4v) is 0.811. The fourth-order valence-electron chi connectivity index (χ4n) is 0.811. The minimum Gasteiger partial charge on any atom is -0.469 e. The van der Waals surface area contributed by atoms with Crippen LogP contribution in [0.5, 0.6) is 0 Å². The van der Waals surface area contributed by atoms with Gasteiger partial charge in [-0.25, -0.2) is 0 Å². The Balaban J connectivity index is 0.000000640. The van der Waals surface area contributed by atoms with Gasteiger partial charge in [0.1, 0.15) is 0 Å². The van der Waals surface area contributed by atoms with Crippen molar-refractivity contribution in [2.45, 2.75) is 19.3 Å². The van der Waals surface area contributed by atoms with Gasteiger partial charge in [0.15, 0.2) is 0 Å². The van der Waals surface area contributed by atoms with Crippen molar-refractivity contribution in [2.75, 3.05) is 7.11 Å². The average Bonchev–Trinajstić information content (AvgIpc) is 1.62. The molecule has 1 aliphatic rings. The maximum absolute atomic E-state index is 10.6. The number of ether oxygens (including phenoxy) is 1. The van der Waals surface area contributed by atoms with Crippen LogP contribution in [0.25, 0.3) is 0 Å². The Morgan fingerprint density at radius 3 is 2.22 bits per heavy atom. The second-order valence-electron chi connectivity index (χ2n) is 2.15. The number of hydrogen-bond donors (Lipinski definition) is 0. The molecule has 1 unspecified atom stereocenters. The lowest BCUT2D eigenvalue weighted by Gasteiger charge is -2.21. The average molecular weight is 148 g/mol. The molecule has 0 aromatic carbocycles. The Morgan fingerprint density at radius 2 is 2.11 bits per heavy atom. The Morgan fingerprint density at radius 1 is 1.56 bits per heavy atom. The molecule has 0 bridgehead atoms. The first-order valence-electron chi connectivity index (χ1n) is 2.92. The van der Waals surface area contributed by atoms with Crippen molar-refractivity contribution in [1.29, 1.82) is 0 Å². The molecule has 0 radical (unpaired) electrons. The van der Waals surface area contributed by atoms with Crippen LogP contribution in [0.4, 0.5) is 0 Å². The highest BCUT2D eigenvalue weighted by atomic mass is 31.0. The van der Waals surface area contributed by atoms with Crippen molar-refractivity contribution in [2.24, 2.45) is 5.92 Å². The smallest absolute Gasteiger partial charge is 0.308 e. The molecule has 2 nitrogen and oxygen atoms in total. The van der Waals surface area contributed by atoms with Crippen LogP contribution in [0.3, 0.4) is 0 Å². The standard InChI is InChI=1S/C6H10O2.H3P/c1-8-6(7)5-3-2-4-5;/h5H,2-4H2,1H3;1H3. The summed E-state index contributed by atoms with van der Waals surface area (Å²) in [5, 5.41) is 0. The number of rotatable bonds is 1. The van der Waals surface area contributed by atoms with Crippen LogP contribution in [0.2, 0.25) is 0 Å². The molecule has 0 aliphatic heterocycles. The van der Waals surface area contributed by atoms with Crippen molar-refractivity contribution in [3.63, 3.8) is 0 Å². The van der Waals surface area contributed by atoms with Crippen LogP contribution in [0, 0.1) is 5.92 Å². The molecule has 9 heavy (non-hydrogen) atoms. The van der Waals surface area contributed by atoms with Gasteiger partial charge < -0.3 is 4.74 Å². The number of hydrogen-bond acceptors (Lipinski definition) is 2. The molecule has 0 heterocycles. The van der Waals surface area contributed by atoms with Gasteiger partial charge in [-0.2, -0.15) is 9.90 Å². The molecular weight excluding hydrogens is 135 g/mol. The van der Waals surface area contributed by atoms with E-state index >= 15 is 0 Å². The van der Waals surface area contributed by atoms with Crippen molar-refractivity contribution in [3.8, 4) is 0 Å². The topological polar surface area (TPSA) is 26.3 Å². The van der Waals surface area contributed by atoms with Crippen LogP contribution in [-0.2, 0) is 9.53 Å². The lowest BCUT2D eigenvalue weighted by Crippen LogP contribution is -2.22. The predicted molar refractivity (Wildman–Crippen MR) is 40.5 cm³/mol. The van der Waals surface area contributed by atoms with Crippen LogP contribution in [0.15, 0.2) is 0 Å². The highest BCUT2D eigenvalue weighted by Crippen LogP contribution is 2.26. The van der Waals surface area contributed by atoms with E-state index in [1.165, 1.54) is 13.5 Å². The Bertz CT molecular complexity index is 99.2. The summed E-state index contributed by atoms with van der Waals surface area (Å²) in [7, 11) is 1.45. The van der Waals surface area contributed by atoms with Gasteiger partial charge in [0.2, 0.25) is 0 Å². The molecule has 0 N–H and O–H groups in total. The minimum absolute atomic E-state index is 0. The summed E-state index contributed by atoms with van der Waals surface area (Å²) in [5.41, 5.74) is 0. The lowest BCUT2D eigenvalue weighted by molar-refractivity contribution is -0.148. The zero-order valence-electron chi connectivity index (χ0n) is 5.72. The molecule has 1 atom stereocenters. The first kappa shape index (κ1) is 8.90. The van der Waals surface area contributed by atoms with Crippen molar-refractivity contribution < 1.29 is 9.53 Å². The lowest BCUT2D eigenvalue weighted by atomic mass is 9.86. The zero-order chi connectivity index (χ0) is 5.98. The summed E-state index contributed by atoms with van der Waals surface area (Å²) in [5.74, 6) is 0.205. The third-order valence-electron chi connectivity index (χ3n) is 1.64. The molecule has 0 amide bonds. The number of methoxy groups -OCH3 is 1. The van der Waals surface area contributed by atoms with E-state index in [4.69, 9.17) is 0 Å². The SMILES string of the molecule is COC(=O)C1CCC1.P. The van der Waals surface area contributed by atoms with E-state index in [9.17, 15) is 4.79 Å². The van der Waals surface area contributed by atoms with E-state index < -0.39 is 0 Å². The van der Waals surface area contributed by atoms with E-state index in [2.05, 4.69) is 4.74 Å². The molecule has 1 saturated carbocycles. The maximum atomic E-state index is 10.6. The molecule has 1 fully saturated rings. The summed E-state index contributed by atoms with van der Waals surface area (Å²) in [4.78, 5) is 10.6. The highest BCUT2D eigenvalue weighted by molar-refractivity contribution is 6.92. The molecule has 1 aliphatic carbocycles. The normalized spacial score (nSPS) is 17.4. The largest absolute Gasteiger partial charge is 0.469 e. The monoisotopic (exact) mass is 148 g/mol. The zero-order valence-corrected chi connectivity index (χ0v) is 7.14. The summed E-state index contributed by atoms with van der Waals surface area (Å²) in [6, 6.07) is 0. The van der Waals surface area contributed by atoms with Gasteiger partial charge in [-0.15, -0.1) is 0 Å². The molecule has 3 heteroatoms. The molecule has 0 aromatic heterocycles. The molecule has 54 valence electrons. The maximum Gasteiger partial charge on any atom is 0.308 e. The quantitative estimate of drug-likeness (QED) is 0.410. The first-order valence-corrected chi connectivity index (χ1v) is 2.92. The second kappa shape index (κ2) is 3.84. The van der Waals surface area contributed by atoms with Crippen molar-refractivity contribution in [3.05, 3.63) is 0 Å². The van der Waals surface area contributed by atoms with E-state index in [1.54, 1.807) is 0 Å².